The maximum absolute atomic E-state index is 10.3. The zero-order chi connectivity index (χ0) is 9.90. The Kier molecular flexibility index (Phi) is 3.36. The molecule has 0 aliphatic rings. The van der Waals surface area contributed by atoms with Crippen LogP contribution in [0, 0.1) is 0 Å². The molecule has 1 aromatic carbocycles. The molecule has 0 aliphatic carbocycles. The van der Waals surface area contributed by atoms with Gasteiger partial charge in [-0.25, -0.2) is 0 Å². The van der Waals surface area contributed by atoms with E-state index in [1.165, 1.54) is 16.5 Å². The van der Waals surface area contributed by atoms with Gasteiger partial charge in [-0.05, 0) is 0 Å². The average Bonchev–Trinajstić information content (AvgIpc) is 2.03. The van der Waals surface area contributed by atoms with E-state index >= 15 is 0 Å². The molecule has 1 atom stereocenters. The second-order valence-corrected chi connectivity index (χ2v) is 5.57. The van der Waals surface area contributed by atoms with Crippen LogP contribution in [0.5, 0.6) is 5.75 Å². The third-order valence-corrected chi connectivity index (χ3v) is 3.66. The predicted molar refractivity (Wildman–Crippen MR) is 51.3 cm³/mol. The van der Waals surface area contributed by atoms with E-state index in [0.29, 0.717) is 0 Å². The van der Waals surface area contributed by atoms with Crippen LogP contribution in [0.1, 0.15) is 0 Å². The molecule has 0 amide bonds. The third kappa shape index (κ3) is 3.80. The van der Waals surface area contributed by atoms with Crippen LogP contribution in [0.15, 0.2) is 24.3 Å². The van der Waals surface area contributed by atoms with E-state index in [2.05, 4.69) is 9.89 Å². The normalized spacial score (nSPS) is 12.2. The molecule has 1 unspecified atom stereocenters. The molecule has 13 heavy (non-hydrogen) atoms. The van der Waals surface area contributed by atoms with Crippen LogP contribution in [0.3, 0.4) is 0 Å². The Bertz CT molecular complexity index is 370. The summed E-state index contributed by atoms with van der Waals surface area (Å²) >= 11 is -0.124. The van der Waals surface area contributed by atoms with Crippen molar-refractivity contribution in [2.75, 3.05) is 0 Å². The van der Waals surface area contributed by atoms with Crippen LogP contribution >= 0.6 is 0 Å². The van der Waals surface area contributed by atoms with Gasteiger partial charge in [0.05, 0.1) is 0 Å². The van der Waals surface area contributed by atoms with Crippen LogP contribution in [-0.2, 0) is 10.4 Å². The summed E-state index contributed by atoms with van der Waals surface area (Å²) in [5, 5.41) is 0. The Hall–Kier alpha value is -0.512. The summed E-state index contributed by atoms with van der Waals surface area (Å²) in [6.07, 6.45) is 0. The fourth-order valence-electron chi connectivity index (χ4n) is 0.799. The van der Waals surface area contributed by atoms with Gasteiger partial charge in [-0.3, -0.25) is 0 Å². The maximum atomic E-state index is 10.3. The van der Waals surface area contributed by atoms with Gasteiger partial charge < -0.3 is 0 Å². The SMILES string of the molecule is C[AsH]c1ccc(OS(=O)(=O)O)cc1. The Morgan fingerprint density at radius 3 is 2.23 bits per heavy atom. The average molecular weight is 264 g/mol. The third-order valence-electron chi connectivity index (χ3n) is 1.34. The first kappa shape index (κ1) is 10.6. The minimum absolute atomic E-state index is 0.124. The molecule has 6 heteroatoms. The molecule has 0 fully saturated rings. The first-order valence-corrected chi connectivity index (χ1v) is 7.97. The van der Waals surface area contributed by atoms with Gasteiger partial charge in [0.2, 0.25) is 0 Å². The summed E-state index contributed by atoms with van der Waals surface area (Å²) in [7, 11) is -4.39. The minimum atomic E-state index is -4.39. The van der Waals surface area contributed by atoms with E-state index in [4.69, 9.17) is 4.55 Å². The first-order valence-electron chi connectivity index (χ1n) is 3.46. The van der Waals surface area contributed by atoms with E-state index in [0.717, 1.165) is 0 Å². The van der Waals surface area contributed by atoms with Crippen LogP contribution in [0.25, 0.3) is 0 Å². The summed E-state index contributed by atoms with van der Waals surface area (Å²) in [6, 6.07) is 6.63. The van der Waals surface area contributed by atoms with Gasteiger partial charge in [0.25, 0.3) is 0 Å². The molecule has 0 saturated heterocycles. The van der Waals surface area contributed by atoms with Crippen molar-refractivity contribution in [3.63, 3.8) is 0 Å². The fourth-order valence-corrected chi connectivity index (χ4v) is 2.20. The van der Waals surface area contributed by atoms with Gasteiger partial charge >= 0.3 is 83.4 Å². The van der Waals surface area contributed by atoms with Crippen LogP contribution in [-0.4, -0.2) is 28.7 Å². The van der Waals surface area contributed by atoms with Crippen LogP contribution in [0.4, 0.5) is 0 Å². The van der Waals surface area contributed by atoms with Gasteiger partial charge in [0, 0.05) is 0 Å². The molecule has 0 bridgehead atoms. The summed E-state index contributed by atoms with van der Waals surface area (Å²) in [5.74, 6) is 0.131. The van der Waals surface area contributed by atoms with Crippen molar-refractivity contribution in [3.05, 3.63) is 24.3 Å². The topological polar surface area (TPSA) is 63.6 Å². The standard InChI is InChI=1S/C7H9AsO4S/c1-8-6-2-4-7(5-3-6)12-13(9,10)11/h2-5,8H,1H3,(H,9,10,11). The van der Waals surface area contributed by atoms with Crippen molar-refractivity contribution in [3.8, 4) is 5.75 Å². The van der Waals surface area contributed by atoms with Crippen LogP contribution < -0.4 is 8.53 Å². The monoisotopic (exact) mass is 264 g/mol. The Morgan fingerprint density at radius 1 is 1.31 bits per heavy atom. The van der Waals surface area contributed by atoms with E-state index < -0.39 is 10.4 Å². The summed E-state index contributed by atoms with van der Waals surface area (Å²) in [4.78, 5) is 0. The Labute approximate surface area is 83.6 Å². The molecule has 0 radical (unpaired) electrons. The van der Waals surface area contributed by atoms with Gasteiger partial charge in [-0.1, -0.05) is 0 Å². The van der Waals surface area contributed by atoms with Gasteiger partial charge in [-0.2, -0.15) is 0 Å². The van der Waals surface area contributed by atoms with Crippen molar-refractivity contribution in [1.82, 2.24) is 0 Å². The summed E-state index contributed by atoms with van der Waals surface area (Å²) in [5.41, 5.74) is 2.11. The van der Waals surface area contributed by atoms with Gasteiger partial charge in [0.1, 0.15) is 0 Å². The zero-order valence-corrected chi connectivity index (χ0v) is 9.80. The van der Waals surface area contributed by atoms with E-state index in [-0.39, 0.29) is 21.5 Å². The molecule has 0 aliphatic heterocycles. The second-order valence-electron chi connectivity index (χ2n) is 2.29. The van der Waals surface area contributed by atoms with Crippen molar-refractivity contribution in [2.24, 2.45) is 0 Å². The molecule has 1 N–H and O–H groups in total. The fraction of sp³-hybridized carbons (Fsp3) is 0.143. The molecule has 0 heterocycles. The van der Waals surface area contributed by atoms with Gasteiger partial charge in [0.15, 0.2) is 0 Å². The molecule has 0 spiro atoms. The molecule has 1 aromatic rings. The van der Waals surface area contributed by atoms with Crippen molar-refractivity contribution < 1.29 is 17.2 Å². The van der Waals surface area contributed by atoms with Gasteiger partial charge in [-0.15, -0.1) is 0 Å². The summed E-state index contributed by atoms with van der Waals surface area (Å²) < 4.78 is 34.4. The molecule has 0 aromatic heterocycles. The van der Waals surface area contributed by atoms with Crippen molar-refractivity contribution >= 4 is 30.5 Å². The summed E-state index contributed by atoms with van der Waals surface area (Å²) in [6.45, 7) is 0. The molecular weight excluding hydrogens is 255 g/mol. The molecule has 1 rings (SSSR count). The number of hydrogen-bond donors (Lipinski definition) is 1. The molecule has 0 saturated carbocycles. The van der Waals surface area contributed by atoms with Crippen LogP contribution in [0.2, 0.25) is 5.71 Å². The quantitative estimate of drug-likeness (QED) is 0.615. The number of rotatable bonds is 3. The second kappa shape index (κ2) is 4.13. The number of benzene rings is 1. The van der Waals surface area contributed by atoms with Crippen molar-refractivity contribution in [1.29, 1.82) is 0 Å². The predicted octanol–water partition coefficient (Wildman–Crippen LogP) is -0.0219. The molecular formula is C7H9AsO4S. The Balaban J connectivity index is 2.81. The number of hydrogen-bond acceptors (Lipinski definition) is 3. The van der Waals surface area contributed by atoms with Crippen molar-refractivity contribution in [2.45, 2.75) is 5.71 Å². The molecule has 4 nitrogen and oxygen atoms in total. The van der Waals surface area contributed by atoms with E-state index in [1.807, 2.05) is 0 Å². The molecule has 72 valence electrons. The first-order chi connectivity index (χ1) is 6.01. The Morgan fingerprint density at radius 2 is 1.85 bits per heavy atom. The van der Waals surface area contributed by atoms with E-state index in [9.17, 15) is 8.42 Å². The van der Waals surface area contributed by atoms with E-state index in [1.54, 1.807) is 12.1 Å². The zero-order valence-electron chi connectivity index (χ0n) is 6.89.